The lowest BCUT2D eigenvalue weighted by molar-refractivity contribution is -0.0839. The summed E-state index contributed by atoms with van der Waals surface area (Å²) in [5, 5.41) is 3.77. The van der Waals surface area contributed by atoms with Crippen molar-refractivity contribution in [2.24, 2.45) is 5.92 Å². The molecule has 3 heteroatoms. The van der Waals surface area contributed by atoms with Crippen LogP contribution in [0, 0.1) is 5.92 Å². The molecule has 0 radical (unpaired) electrons. The Bertz CT molecular complexity index is 325. The first-order chi connectivity index (χ1) is 9.00. The minimum absolute atomic E-state index is 0.0250. The number of rotatable bonds is 6. The highest BCUT2D eigenvalue weighted by molar-refractivity contribution is 5.07. The van der Waals surface area contributed by atoms with Gasteiger partial charge >= 0.3 is 0 Å². The largest absolute Gasteiger partial charge is 0.369 e. The Morgan fingerprint density at radius 3 is 2.10 bits per heavy atom. The van der Waals surface area contributed by atoms with Gasteiger partial charge in [0.05, 0.1) is 11.2 Å². The average molecular weight is 284 g/mol. The molecule has 1 heterocycles. The zero-order chi connectivity index (χ0) is 15.8. The average Bonchev–Trinajstić information content (AvgIpc) is 2.52. The molecular weight excluding hydrogens is 248 g/mol. The van der Waals surface area contributed by atoms with Crippen LogP contribution in [0.15, 0.2) is 0 Å². The zero-order valence-corrected chi connectivity index (χ0v) is 15.1. The predicted molar refractivity (Wildman–Crippen MR) is 87.2 cm³/mol. The van der Waals surface area contributed by atoms with Gasteiger partial charge in [-0.25, -0.2) is 0 Å². The quantitative estimate of drug-likeness (QED) is 0.810. The minimum atomic E-state index is -0.0806. The number of nitrogens with zero attached hydrogens (tertiary/aromatic N) is 1. The molecule has 3 unspecified atom stereocenters. The molecule has 0 aromatic heterocycles. The third-order valence-electron chi connectivity index (χ3n) is 5.38. The highest BCUT2D eigenvalue weighted by Gasteiger charge is 2.53. The Hall–Kier alpha value is -0.120. The van der Waals surface area contributed by atoms with Crippen molar-refractivity contribution in [3.05, 3.63) is 0 Å². The zero-order valence-electron chi connectivity index (χ0n) is 15.1. The van der Waals surface area contributed by atoms with E-state index in [1.54, 1.807) is 0 Å². The van der Waals surface area contributed by atoms with Crippen LogP contribution >= 0.6 is 0 Å². The van der Waals surface area contributed by atoms with Crippen LogP contribution in [0.1, 0.15) is 61.3 Å². The van der Waals surface area contributed by atoms with Gasteiger partial charge in [0.15, 0.2) is 0 Å². The fourth-order valence-corrected chi connectivity index (χ4v) is 3.95. The summed E-state index contributed by atoms with van der Waals surface area (Å²) in [5.41, 5.74) is 0.0350. The fourth-order valence-electron chi connectivity index (χ4n) is 3.95. The van der Waals surface area contributed by atoms with Crippen molar-refractivity contribution >= 4 is 0 Å². The van der Waals surface area contributed by atoms with E-state index in [1.165, 1.54) is 0 Å². The van der Waals surface area contributed by atoms with Gasteiger partial charge in [-0.1, -0.05) is 13.8 Å². The Kier molecular flexibility index (Phi) is 5.32. The molecule has 0 bridgehead atoms. The molecule has 1 aliphatic rings. The molecular formula is C17H36N2O. The van der Waals surface area contributed by atoms with Crippen LogP contribution in [0.25, 0.3) is 0 Å². The Morgan fingerprint density at radius 2 is 1.80 bits per heavy atom. The van der Waals surface area contributed by atoms with Crippen molar-refractivity contribution in [3.63, 3.8) is 0 Å². The van der Waals surface area contributed by atoms with E-state index in [-0.39, 0.29) is 16.7 Å². The van der Waals surface area contributed by atoms with E-state index in [0.717, 1.165) is 19.4 Å². The van der Waals surface area contributed by atoms with E-state index >= 15 is 0 Å². The van der Waals surface area contributed by atoms with Gasteiger partial charge in [0.2, 0.25) is 0 Å². The lowest BCUT2D eigenvalue weighted by Gasteiger charge is -2.48. The highest BCUT2D eigenvalue weighted by atomic mass is 16.5. The fraction of sp³-hybridized carbons (Fsp3) is 1.00. The lowest BCUT2D eigenvalue weighted by atomic mass is 9.72. The summed E-state index contributed by atoms with van der Waals surface area (Å²) in [4.78, 5) is 2.38. The van der Waals surface area contributed by atoms with Gasteiger partial charge in [0.25, 0.3) is 0 Å². The van der Waals surface area contributed by atoms with Gasteiger partial charge in [-0.05, 0) is 68.1 Å². The molecule has 3 nitrogen and oxygen atoms in total. The second kappa shape index (κ2) is 5.94. The number of likely N-dealkylation sites (N-methyl/N-ethyl adjacent to an activating group) is 2. The first-order valence-corrected chi connectivity index (χ1v) is 8.11. The molecule has 20 heavy (non-hydrogen) atoms. The second-order valence-corrected chi connectivity index (χ2v) is 7.92. The van der Waals surface area contributed by atoms with E-state index in [9.17, 15) is 0 Å². The number of hydrogen-bond acceptors (Lipinski definition) is 3. The summed E-state index contributed by atoms with van der Waals surface area (Å²) in [6.45, 7) is 16.8. The molecule has 3 atom stereocenters. The topological polar surface area (TPSA) is 24.5 Å². The van der Waals surface area contributed by atoms with Gasteiger partial charge in [-0.3, -0.25) is 0 Å². The number of hydrogen-bond donors (Lipinski definition) is 1. The van der Waals surface area contributed by atoms with E-state index in [2.05, 4.69) is 72.8 Å². The van der Waals surface area contributed by atoms with Crippen LogP contribution in [-0.2, 0) is 4.74 Å². The second-order valence-electron chi connectivity index (χ2n) is 7.92. The van der Waals surface area contributed by atoms with Crippen molar-refractivity contribution in [2.75, 3.05) is 20.6 Å². The Labute approximate surface area is 126 Å². The monoisotopic (exact) mass is 284 g/mol. The van der Waals surface area contributed by atoms with Gasteiger partial charge < -0.3 is 15.0 Å². The molecule has 0 spiro atoms. The molecule has 1 N–H and O–H groups in total. The summed E-state index contributed by atoms with van der Waals surface area (Å²) in [6.07, 6.45) is 2.24. The van der Waals surface area contributed by atoms with Crippen molar-refractivity contribution < 1.29 is 4.74 Å². The maximum Gasteiger partial charge on any atom is 0.0678 e. The van der Waals surface area contributed by atoms with Crippen LogP contribution in [-0.4, -0.2) is 48.3 Å². The Balaban J connectivity index is 3.14. The van der Waals surface area contributed by atoms with Gasteiger partial charge in [0.1, 0.15) is 0 Å². The van der Waals surface area contributed by atoms with Gasteiger partial charge in [-0.15, -0.1) is 0 Å². The van der Waals surface area contributed by atoms with Crippen LogP contribution < -0.4 is 5.32 Å². The lowest BCUT2D eigenvalue weighted by Crippen LogP contribution is -2.62. The molecule has 1 aliphatic heterocycles. The van der Waals surface area contributed by atoms with Crippen molar-refractivity contribution in [3.8, 4) is 0 Å². The highest BCUT2D eigenvalue weighted by Crippen LogP contribution is 2.46. The number of nitrogens with one attached hydrogen (secondary N) is 1. The smallest absolute Gasteiger partial charge is 0.0678 e. The molecule has 1 fully saturated rings. The van der Waals surface area contributed by atoms with E-state index < -0.39 is 0 Å². The predicted octanol–water partition coefficient (Wildman–Crippen LogP) is 3.29. The van der Waals surface area contributed by atoms with Gasteiger partial charge in [-0.2, -0.15) is 0 Å². The first-order valence-electron chi connectivity index (χ1n) is 8.11. The molecule has 0 saturated carbocycles. The SMILES string of the molecule is CCNC(C1CC(C)(C)OC1(C)C)C(C)(CC)N(C)C. The normalized spacial score (nSPS) is 29.4. The van der Waals surface area contributed by atoms with Crippen LogP contribution in [0.3, 0.4) is 0 Å². The summed E-state index contributed by atoms with van der Waals surface area (Å²) in [6, 6.07) is 0.435. The summed E-state index contributed by atoms with van der Waals surface area (Å²) >= 11 is 0. The van der Waals surface area contributed by atoms with E-state index in [4.69, 9.17) is 4.74 Å². The Morgan fingerprint density at radius 1 is 1.25 bits per heavy atom. The molecule has 0 aromatic rings. The molecule has 1 saturated heterocycles. The molecule has 0 amide bonds. The first kappa shape index (κ1) is 17.9. The minimum Gasteiger partial charge on any atom is -0.369 e. The van der Waals surface area contributed by atoms with Crippen LogP contribution in [0.2, 0.25) is 0 Å². The van der Waals surface area contributed by atoms with E-state index in [0.29, 0.717) is 12.0 Å². The maximum atomic E-state index is 6.34. The summed E-state index contributed by atoms with van der Waals surface area (Å²) in [5.74, 6) is 0.518. The van der Waals surface area contributed by atoms with Crippen LogP contribution in [0.4, 0.5) is 0 Å². The molecule has 0 aromatic carbocycles. The molecule has 0 aliphatic carbocycles. The molecule has 1 rings (SSSR count). The van der Waals surface area contributed by atoms with Crippen molar-refractivity contribution in [1.29, 1.82) is 0 Å². The third-order valence-corrected chi connectivity index (χ3v) is 5.38. The van der Waals surface area contributed by atoms with Crippen molar-refractivity contribution in [1.82, 2.24) is 10.2 Å². The molecule has 120 valence electrons. The standard InChI is InChI=1S/C17H36N2O/c1-10-17(7,19(8)9)14(18-11-2)13-12-15(3,4)20-16(13,5)6/h13-14,18H,10-12H2,1-9H3. The van der Waals surface area contributed by atoms with Crippen molar-refractivity contribution in [2.45, 2.75) is 84.1 Å². The van der Waals surface area contributed by atoms with Gasteiger partial charge in [0, 0.05) is 17.5 Å². The number of ether oxygens (including phenoxy) is 1. The summed E-state index contributed by atoms with van der Waals surface area (Å²) < 4.78 is 6.34. The maximum absolute atomic E-state index is 6.34. The third kappa shape index (κ3) is 3.37. The summed E-state index contributed by atoms with van der Waals surface area (Å²) in [7, 11) is 4.39. The van der Waals surface area contributed by atoms with Crippen LogP contribution in [0.5, 0.6) is 0 Å². The van der Waals surface area contributed by atoms with E-state index in [1.807, 2.05) is 0 Å².